The second kappa shape index (κ2) is 12.0. The Bertz CT molecular complexity index is 1020. The Morgan fingerprint density at radius 3 is 1.85 bits per heavy atom. The summed E-state index contributed by atoms with van der Waals surface area (Å²) in [6.07, 6.45) is 3.74. The van der Waals surface area contributed by atoms with Gasteiger partial charge >= 0.3 is 0 Å². The van der Waals surface area contributed by atoms with Crippen LogP contribution in [0.5, 0.6) is 0 Å². The number of thiophene rings is 2. The van der Waals surface area contributed by atoms with E-state index in [4.69, 9.17) is 23.2 Å². The molecule has 178 valence electrons. The third-order valence-corrected chi connectivity index (χ3v) is 7.45. The van der Waals surface area contributed by atoms with E-state index < -0.39 is 0 Å². The van der Waals surface area contributed by atoms with Crippen LogP contribution >= 0.6 is 45.9 Å². The summed E-state index contributed by atoms with van der Waals surface area (Å²) in [5, 5.41) is 4.31. The number of hydrogen-bond donors (Lipinski definition) is 0. The van der Waals surface area contributed by atoms with E-state index in [2.05, 4.69) is 5.10 Å². The first-order valence-corrected chi connectivity index (χ1v) is 12.8. The molecular formula is C22H27Cl2N5O2S2. The number of amides is 2. The van der Waals surface area contributed by atoms with Crippen LogP contribution in [0, 0.1) is 6.92 Å². The molecule has 3 heterocycles. The third kappa shape index (κ3) is 8.12. The first-order valence-electron chi connectivity index (χ1n) is 10.4. The molecule has 0 unspecified atom stereocenters. The first kappa shape index (κ1) is 25.7. The average molecular weight is 529 g/mol. The van der Waals surface area contributed by atoms with Gasteiger partial charge in [-0.1, -0.05) is 23.2 Å². The number of halogens is 2. The van der Waals surface area contributed by atoms with Crippen molar-refractivity contribution < 1.29 is 9.59 Å². The maximum atomic E-state index is 12.9. The van der Waals surface area contributed by atoms with E-state index in [0.29, 0.717) is 34.9 Å². The molecule has 33 heavy (non-hydrogen) atoms. The lowest BCUT2D eigenvalue weighted by Crippen LogP contribution is -2.44. The summed E-state index contributed by atoms with van der Waals surface area (Å²) >= 11 is 14.9. The number of aryl methyl sites for hydroxylation is 1. The Balaban J connectivity index is 1.61. The fourth-order valence-corrected chi connectivity index (χ4v) is 5.47. The standard InChI is InChI=1S/C22H27Cl2N5O2S2/c1-16-10-25-29(11-16)9-8-28(14-21(30)26(2)12-17-4-6-19(23)32-17)15-22(31)27(3)13-18-5-7-20(24)33-18/h4-7,10-11H,8-9,12-15H2,1-3H3. The Hall–Kier alpha value is -1.91. The predicted octanol–water partition coefficient (Wildman–Crippen LogP) is 4.24. The van der Waals surface area contributed by atoms with Crippen molar-refractivity contribution in [2.75, 3.05) is 33.7 Å². The number of aromatic nitrogens is 2. The molecule has 11 heteroatoms. The largest absolute Gasteiger partial charge is 0.340 e. The Morgan fingerprint density at radius 2 is 1.45 bits per heavy atom. The van der Waals surface area contributed by atoms with Crippen LogP contribution in [0.1, 0.15) is 15.3 Å². The topological polar surface area (TPSA) is 61.7 Å². The lowest BCUT2D eigenvalue weighted by molar-refractivity contribution is -0.135. The van der Waals surface area contributed by atoms with Crippen LogP contribution in [0.3, 0.4) is 0 Å². The summed E-state index contributed by atoms with van der Waals surface area (Å²) in [5.41, 5.74) is 1.07. The highest BCUT2D eigenvalue weighted by Crippen LogP contribution is 2.23. The van der Waals surface area contributed by atoms with Crippen LogP contribution in [0.2, 0.25) is 8.67 Å². The van der Waals surface area contributed by atoms with E-state index in [0.717, 1.165) is 15.3 Å². The molecule has 2 amide bonds. The first-order chi connectivity index (χ1) is 15.7. The molecule has 0 radical (unpaired) electrons. The van der Waals surface area contributed by atoms with Gasteiger partial charge in [0.2, 0.25) is 11.8 Å². The molecule has 0 spiro atoms. The molecule has 0 N–H and O–H groups in total. The highest BCUT2D eigenvalue weighted by molar-refractivity contribution is 7.16. The van der Waals surface area contributed by atoms with Gasteiger partial charge in [-0.15, -0.1) is 22.7 Å². The predicted molar refractivity (Wildman–Crippen MR) is 135 cm³/mol. The molecule has 7 nitrogen and oxygen atoms in total. The van der Waals surface area contributed by atoms with Gasteiger partial charge in [-0.3, -0.25) is 19.2 Å². The van der Waals surface area contributed by atoms with Gasteiger partial charge in [-0.2, -0.15) is 5.10 Å². The number of carbonyl (C=O) groups excluding carboxylic acids is 2. The van der Waals surface area contributed by atoms with E-state index in [1.807, 2.05) is 47.0 Å². The second-order valence-electron chi connectivity index (χ2n) is 7.90. The van der Waals surface area contributed by atoms with Crippen molar-refractivity contribution in [1.29, 1.82) is 0 Å². The maximum Gasteiger partial charge on any atom is 0.236 e. The van der Waals surface area contributed by atoms with E-state index in [9.17, 15) is 9.59 Å². The molecule has 3 aromatic heterocycles. The quantitative estimate of drug-likeness (QED) is 0.374. The zero-order valence-electron chi connectivity index (χ0n) is 18.8. The second-order valence-corrected chi connectivity index (χ2v) is 11.5. The highest BCUT2D eigenvalue weighted by atomic mass is 35.5. The number of hydrogen-bond acceptors (Lipinski definition) is 6. The van der Waals surface area contributed by atoms with Gasteiger partial charge in [0.15, 0.2) is 0 Å². The van der Waals surface area contributed by atoms with E-state index in [1.54, 1.807) is 30.1 Å². The van der Waals surface area contributed by atoms with Crippen molar-refractivity contribution in [2.45, 2.75) is 26.6 Å². The van der Waals surface area contributed by atoms with Crippen molar-refractivity contribution in [1.82, 2.24) is 24.5 Å². The molecule has 0 aliphatic rings. The van der Waals surface area contributed by atoms with Gasteiger partial charge in [0.05, 0.1) is 47.6 Å². The van der Waals surface area contributed by atoms with Crippen molar-refractivity contribution in [2.24, 2.45) is 0 Å². The van der Waals surface area contributed by atoms with Gasteiger partial charge in [-0.25, -0.2) is 0 Å². The fraction of sp³-hybridized carbons (Fsp3) is 0.409. The van der Waals surface area contributed by atoms with Gasteiger partial charge in [0.25, 0.3) is 0 Å². The maximum absolute atomic E-state index is 12.9. The SMILES string of the molecule is Cc1cnn(CCN(CC(=O)N(C)Cc2ccc(Cl)s2)CC(=O)N(C)Cc2ccc(Cl)s2)c1. The molecule has 0 atom stereocenters. The van der Waals surface area contributed by atoms with E-state index in [-0.39, 0.29) is 24.9 Å². The van der Waals surface area contributed by atoms with Crippen LogP contribution in [0.25, 0.3) is 0 Å². The zero-order chi connectivity index (χ0) is 24.0. The van der Waals surface area contributed by atoms with Crippen molar-refractivity contribution in [3.63, 3.8) is 0 Å². The number of likely N-dealkylation sites (N-methyl/N-ethyl adjacent to an activating group) is 2. The minimum Gasteiger partial charge on any atom is -0.340 e. The van der Waals surface area contributed by atoms with Crippen LogP contribution in [-0.2, 0) is 29.2 Å². The van der Waals surface area contributed by atoms with Crippen molar-refractivity contribution in [3.05, 3.63) is 60.6 Å². The minimum atomic E-state index is -0.0586. The normalized spacial score (nSPS) is 11.2. The molecule has 0 aliphatic carbocycles. The molecule has 0 aliphatic heterocycles. The summed E-state index contributed by atoms with van der Waals surface area (Å²) in [4.78, 5) is 33.1. The summed E-state index contributed by atoms with van der Waals surface area (Å²) in [6, 6.07) is 7.49. The fourth-order valence-electron chi connectivity index (χ4n) is 3.19. The number of carbonyl (C=O) groups is 2. The van der Waals surface area contributed by atoms with Gasteiger partial charge in [0, 0.05) is 36.6 Å². The molecule has 3 aromatic rings. The summed E-state index contributed by atoms with van der Waals surface area (Å²) in [6.45, 7) is 4.33. The molecule has 0 saturated heterocycles. The molecule has 0 bridgehead atoms. The number of rotatable bonds is 11. The summed E-state index contributed by atoms with van der Waals surface area (Å²) in [5.74, 6) is -0.117. The third-order valence-electron chi connectivity index (χ3n) is 5.02. The molecule has 0 saturated carbocycles. The summed E-state index contributed by atoms with van der Waals surface area (Å²) < 4.78 is 3.22. The van der Waals surface area contributed by atoms with Crippen molar-refractivity contribution in [3.8, 4) is 0 Å². The zero-order valence-corrected chi connectivity index (χ0v) is 22.0. The molecule has 3 rings (SSSR count). The Labute approximate surface area is 212 Å². The highest BCUT2D eigenvalue weighted by Gasteiger charge is 2.20. The van der Waals surface area contributed by atoms with Gasteiger partial charge in [0.1, 0.15) is 0 Å². The molecule has 0 aromatic carbocycles. The van der Waals surface area contributed by atoms with Crippen molar-refractivity contribution >= 4 is 57.7 Å². The Kier molecular flexibility index (Phi) is 9.34. The van der Waals surface area contributed by atoms with Crippen LogP contribution in [-0.4, -0.2) is 70.0 Å². The van der Waals surface area contributed by atoms with Crippen LogP contribution in [0.15, 0.2) is 36.7 Å². The number of nitrogens with zero attached hydrogens (tertiary/aromatic N) is 5. The van der Waals surface area contributed by atoms with Gasteiger partial charge in [-0.05, 0) is 36.8 Å². The smallest absolute Gasteiger partial charge is 0.236 e. The van der Waals surface area contributed by atoms with Crippen LogP contribution in [0.4, 0.5) is 0 Å². The average Bonchev–Trinajstić information content (AvgIpc) is 3.48. The summed E-state index contributed by atoms with van der Waals surface area (Å²) in [7, 11) is 3.53. The minimum absolute atomic E-state index is 0.0586. The molecule has 0 fully saturated rings. The monoisotopic (exact) mass is 527 g/mol. The molecular weight excluding hydrogens is 501 g/mol. The Morgan fingerprint density at radius 1 is 0.939 bits per heavy atom. The lowest BCUT2D eigenvalue weighted by Gasteiger charge is -2.26. The van der Waals surface area contributed by atoms with Crippen LogP contribution < -0.4 is 0 Å². The van der Waals surface area contributed by atoms with E-state index in [1.165, 1.54) is 22.7 Å². The van der Waals surface area contributed by atoms with Gasteiger partial charge < -0.3 is 9.80 Å². The van der Waals surface area contributed by atoms with E-state index >= 15 is 0 Å². The lowest BCUT2D eigenvalue weighted by atomic mass is 10.3.